The first-order valence-corrected chi connectivity index (χ1v) is 4.84. The van der Waals surface area contributed by atoms with Crippen LogP contribution in [-0.4, -0.2) is 16.3 Å². The van der Waals surface area contributed by atoms with Gasteiger partial charge in [0, 0.05) is 12.0 Å². The molecule has 1 rings (SSSR count). The van der Waals surface area contributed by atoms with Gasteiger partial charge < -0.3 is 10.8 Å². The highest BCUT2D eigenvalue weighted by atomic mass is 19.1. The van der Waals surface area contributed by atoms with Gasteiger partial charge in [0.05, 0.1) is 11.0 Å². The van der Waals surface area contributed by atoms with Gasteiger partial charge in [0.1, 0.15) is 12.0 Å². The van der Waals surface area contributed by atoms with Gasteiger partial charge in [-0.15, -0.1) is 0 Å². The Bertz CT molecular complexity index is 396. The zero-order chi connectivity index (χ0) is 12.3. The van der Waals surface area contributed by atoms with Crippen LogP contribution in [0.25, 0.3) is 0 Å². The van der Waals surface area contributed by atoms with Crippen molar-refractivity contribution in [3.8, 4) is 0 Å². The molecule has 88 valence electrons. The number of hydrogen-bond donors (Lipinski definition) is 2. The standard InChI is InChI=1S/C10H13FN2O3/c1-2-7(10(12)14)8-4-3-6(13(15)16)5-9(8)11/h3-5,7,10,14H,2,12H2,1H3/t7-,10?/m1/s1. The maximum Gasteiger partial charge on any atom is 0.272 e. The van der Waals surface area contributed by atoms with E-state index in [1.165, 1.54) is 12.1 Å². The number of nitrogens with zero attached hydrogens (tertiary/aromatic N) is 1. The van der Waals surface area contributed by atoms with Crippen molar-refractivity contribution in [2.45, 2.75) is 25.5 Å². The molecule has 1 aromatic rings. The summed E-state index contributed by atoms with van der Waals surface area (Å²) in [6, 6.07) is 3.32. The van der Waals surface area contributed by atoms with Crippen molar-refractivity contribution >= 4 is 5.69 Å². The van der Waals surface area contributed by atoms with Crippen molar-refractivity contribution in [1.29, 1.82) is 0 Å². The van der Waals surface area contributed by atoms with Crippen molar-refractivity contribution in [2.75, 3.05) is 0 Å². The van der Waals surface area contributed by atoms with Crippen molar-refractivity contribution in [1.82, 2.24) is 0 Å². The van der Waals surface area contributed by atoms with Crippen LogP contribution < -0.4 is 5.73 Å². The first kappa shape index (κ1) is 12.5. The second-order valence-electron chi connectivity index (χ2n) is 3.47. The molecule has 1 aromatic carbocycles. The average Bonchev–Trinajstić information content (AvgIpc) is 2.20. The smallest absolute Gasteiger partial charge is 0.272 e. The summed E-state index contributed by atoms with van der Waals surface area (Å²) in [6.07, 6.45) is -0.729. The molecule has 0 saturated heterocycles. The molecule has 0 aromatic heterocycles. The Morgan fingerprint density at radius 1 is 1.62 bits per heavy atom. The van der Waals surface area contributed by atoms with E-state index in [1.807, 2.05) is 0 Å². The molecule has 2 atom stereocenters. The lowest BCUT2D eigenvalue weighted by Crippen LogP contribution is -2.28. The fourth-order valence-electron chi connectivity index (χ4n) is 1.58. The number of non-ortho nitro benzene ring substituents is 1. The Labute approximate surface area is 91.8 Å². The van der Waals surface area contributed by atoms with E-state index in [0.29, 0.717) is 6.42 Å². The van der Waals surface area contributed by atoms with Crippen molar-refractivity contribution in [2.24, 2.45) is 5.73 Å². The highest BCUT2D eigenvalue weighted by Crippen LogP contribution is 2.26. The first-order chi connectivity index (χ1) is 7.47. The van der Waals surface area contributed by atoms with E-state index in [0.717, 1.165) is 6.07 Å². The van der Waals surface area contributed by atoms with E-state index in [2.05, 4.69) is 0 Å². The molecule has 0 heterocycles. The van der Waals surface area contributed by atoms with E-state index in [1.54, 1.807) is 6.92 Å². The van der Waals surface area contributed by atoms with Crippen LogP contribution in [0.15, 0.2) is 18.2 Å². The summed E-state index contributed by atoms with van der Waals surface area (Å²) in [7, 11) is 0. The summed E-state index contributed by atoms with van der Waals surface area (Å²) in [5.74, 6) is -1.27. The van der Waals surface area contributed by atoms with Gasteiger partial charge in [-0.2, -0.15) is 0 Å². The van der Waals surface area contributed by atoms with Gasteiger partial charge in [-0.05, 0) is 18.1 Å². The molecule has 0 saturated carbocycles. The number of hydrogen-bond acceptors (Lipinski definition) is 4. The fraction of sp³-hybridized carbons (Fsp3) is 0.400. The Kier molecular flexibility index (Phi) is 3.92. The van der Waals surface area contributed by atoms with Crippen LogP contribution in [0.4, 0.5) is 10.1 Å². The minimum atomic E-state index is -1.18. The second-order valence-corrected chi connectivity index (χ2v) is 3.47. The molecule has 0 aliphatic carbocycles. The lowest BCUT2D eigenvalue weighted by atomic mass is 9.94. The van der Waals surface area contributed by atoms with E-state index >= 15 is 0 Å². The van der Waals surface area contributed by atoms with Gasteiger partial charge in [-0.1, -0.05) is 6.92 Å². The topological polar surface area (TPSA) is 89.4 Å². The third kappa shape index (κ3) is 2.53. The van der Waals surface area contributed by atoms with E-state index in [4.69, 9.17) is 5.73 Å². The zero-order valence-electron chi connectivity index (χ0n) is 8.76. The van der Waals surface area contributed by atoms with Gasteiger partial charge in [0.15, 0.2) is 0 Å². The minimum absolute atomic E-state index is 0.197. The van der Waals surface area contributed by atoms with Crippen LogP contribution >= 0.6 is 0 Å². The normalized spacial score (nSPS) is 14.5. The molecule has 0 aliphatic rings. The quantitative estimate of drug-likeness (QED) is 0.464. The third-order valence-electron chi connectivity index (χ3n) is 2.45. The largest absolute Gasteiger partial charge is 0.378 e. The Morgan fingerprint density at radius 2 is 2.25 bits per heavy atom. The van der Waals surface area contributed by atoms with Gasteiger partial charge in [0.25, 0.3) is 5.69 Å². The van der Waals surface area contributed by atoms with Crippen LogP contribution in [0.3, 0.4) is 0 Å². The van der Waals surface area contributed by atoms with Crippen LogP contribution in [0.2, 0.25) is 0 Å². The van der Waals surface area contributed by atoms with Crippen LogP contribution in [0.5, 0.6) is 0 Å². The summed E-state index contributed by atoms with van der Waals surface area (Å²) in [5.41, 5.74) is 5.18. The molecule has 0 amide bonds. The first-order valence-electron chi connectivity index (χ1n) is 4.84. The number of rotatable bonds is 4. The third-order valence-corrected chi connectivity index (χ3v) is 2.45. The predicted molar refractivity (Wildman–Crippen MR) is 56.3 cm³/mol. The molecular weight excluding hydrogens is 215 g/mol. The highest BCUT2D eigenvalue weighted by Gasteiger charge is 2.21. The molecule has 0 aliphatic heterocycles. The Morgan fingerprint density at radius 3 is 2.62 bits per heavy atom. The van der Waals surface area contributed by atoms with Gasteiger partial charge in [-0.25, -0.2) is 4.39 Å². The van der Waals surface area contributed by atoms with Crippen molar-refractivity contribution in [3.63, 3.8) is 0 Å². The molecule has 0 spiro atoms. The monoisotopic (exact) mass is 228 g/mol. The molecule has 0 radical (unpaired) electrons. The summed E-state index contributed by atoms with van der Waals surface area (Å²) >= 11 is 0. The second kappa shape index (κ2) is 5.00. The highest BCUT2D eigenvalue weighted by molar-refractivity contribution is 5.36. The fourth-order valence-corrected chi connectivity index (χ4v) is 1.58. The van der Waals surface area contributed by atoms with E-state index in [9.17, 15) is 19.6 Å². The van der Waals surface area contributed by atoms with E-state index < -0.39 is 22.9 Å². The van der Waals surface area contributed by atoms with E-state index in [-0.39, 0.29) is 11.3 Å². The number of aliphatic hydroxyl groups is 1. The van der Waals surface area contributed by atoms with Crippen LogP contribution in [0, 0.1) is 15.9 Å². The zero-order valence-corrected chi connectivity index (χ0v) is 8.76. The lowest BCUT2D eigenvalue weighted by Gasteiger charge is -2.18. The van der Waals surface area contributed by atoms with Crippen LogP contribution in [-0.2, 0) is 0 Å². The molecule has 16 heavy (non-hydrogen) atoms. The number of benzene rings is 1. The predicted octanol–water partition coefficient (Wildman–Crippen LogP) is 1.50. The maximum absolute atomic E-state index is 13.5. The van der Waals surface area contributed by atoms with Gasteiger partial charge in [0.2, 0.25) is 0 Å². The van der Waals surface area contributed by atoms with Crippen molar-refractivity contribution < 1.29 is 14.4 Å². The number of nitrogens with two attached hydrogens (primary N) is 1. The maximum atomic E-state index is 13.5. The summed E-state index contributed by atoms with van der Waals surface area (Å²) in [4.78, 5) is 9.73. The molecule has 3 N–H and O–H groups in total. The summed E-state index contributed by atoms with van der Waals surface area (Å²) in [6.45, 7) is 1.75. The number of halogens is 1. The number of nitro benzene ring substituents is 1. The SMILES string of the molecule is CC[C@H](c1ccc([N+](=O)[O-])cc1F)C(N)O. The molecule has 5 nitrogen and oxygen atoms in total. The van der Waals surface area contributed by atoms with Gasteiger partial charge >= 0.3 is 0 Å². The van der Waals surface area contributed by atoms with Gasteiger partial charge in [-0.3, -0.25) is 10.1 Å². The summed E-state index contributed by atoms with van der Waals surface area (Å²) in [5, 5.41) is 19.6. The molecule has 1 unspecified atom stereocenters. The lowest BCUT2D eigenvalue weighted by molar-refractivity contribution is -0.385. The molecule has 0 fully saturated rings. The number of nitro groups is 1. The Hall–Kier alpha value is -1.53. The summed E-state index contributed by atoms with van der Waals surface area (Å²) < 4.78 is 13.5. The average molecular weight is 228 g/mol. The van der Waals surface area contributed by atoms with Crippen molar-refractivity contribution in [3.05, 3.63) is 39.7 Å². The minimum Gasteiger partial charge on any atom is -0.378 e. The Balaban J connectivity index is 3.11. The molecule has 6 heteroatoms. The number of aliphatic hydroxyl groups excluding tert-OH is 1. The molecular formula is C10H13FN2O3. The van der Waals surface area contributed by atoms with Crippen LogP contribution in [0.1, 0.15) is 24.8 Å². The molecule has 0 bridgehead atoms.